The standard InChI is InChI=1S/C14H20N2O2S/c1-15-13-7-8-16(10-13)19(17,18)14-6-5-11-3-2-4-12(11)9-14/h5-6,9,13,15H,2-4,7-8,10H2,1H3. The number of fused-ring (bicyclic) bond motifs is 1. The molecule has 1 aliphatic carbocycles. The number of hydrogen-bond donors (Lipinski definition) is 1. The molecule has 104 valence electrons. The van der Waals surface area contributed by atoms with E-state index in [9.17, 15) is 8.42 Å². The summed E-state index contributed by atoms with van der Waals surface area (Å²) in [5.41, 5.74) is 2.53. The molecule has 1 aromatic carbocycles. The van der Waals surface area contributed by atoms with Crippen molar-refractivity contribution in [2.75, 3.05) is 20.1 Å². The summed E-state index contributed by atoms with van der Waals surface area (Å²) in [6.07, 6.45) is 4.13. The molecule has 5 heteroatoms. The second-order valence-corrected chi connectivity index (χ2v) is 7.36. The highest BCUT2D eigenvalue weighted by molar-refractivity contribution is 7.89. The number of nitrogens with one attached hydrogen (secondary N) is 1. The first-order valence-electron chi connectivity index (χ1n) is 6.90. The fourth-order valence-electron chi connectivity index (χ4n) is 3.04. The summed E-state index contributed by atoms with van der Waals surface area (Å²) >= 11 is 0. The first kappa shape index (κ1) is 13.1. The van der Waals surface area contributed by atoms with Gasteiger partial charge in [0.25, 0.3) is 0 Å². The number of sulfonamides is 1. The van der Waals surface area contributed by atoms with E-state index in [1.807, 2.05) is 19.2 Å². The second kappa shape index (κ2) is 4.89. The normalized spacial score (nSPS) is 23.7. The minimum absolute atomic E-state index is 0.282. The highest BCUT2D eigenvalue weighted by atomic mass is 32.2. The van der Waals surface area contributed by atoms with Crippen molar-refractivity contribution in [2.24, 2.45) is 0 Å². The SMILES string of the molecule is CNC1CCN(S(=O)(=O)c2ccc3c(c2)CCC3)C1. The van der Waals surface area contributed by atoms with Crippen molar-refractivity contribution >= 4 is 10.0 Å². The third-order valence-electron chi connectivity index (χ3n) is 4.27. The van der Waals surface area contributed by atoms with Crippen LogP contribution >= 0.6 is 0 Å². The van der Waals surface area contributed by atoms with Crippen molar-refractivity contribution in [3.63, 3.8) is 0 Å². The Bertz CT molecular complexity index is 583. The summed E-state index contributed by atoms with van der Waals surface area (Å²) in [4.78, 5) is 0.463. The van der Waals surface area contributed by atoms with Gasteiger partial charge < -0.3 is 5.32 Å². The summed E-state index contributed by atoms with van der Waals surface area (Å²) in [5.74, 6) is 0. The van der Waals surface area contributed by atoms with Crippen LogP contribution < -0.4 is 5.32 Å². The molecule has 1 fully saturated rings. The van der Waals surface area contributed by atoms with E-state index in [1.165, 1.54) is 11.1 Å². The van der Waals surface area contributed by atoms with Crippen LogP contribution in [0.5, 0.6) is 0 Å². The quantitative estimate of drug-likeness (QED) is 0.904. The van der Waals surface area contributed by atoms with Gasteiger partial charge in [0.1, 0.15) is 0 Å². The first-order chi connectivity index (χ1) is 9.11. The van der Waals surface area contributed by atoms with E-state index < -0.39 is 10.0 Å². The molecule has 0 saturated carbocycles. The van der Waals surface area contributed by atoms with E-state index in [0.29, 0.717) is 18.0 Å². The molecular weight excluding hydrogens is 260 g/mol. The first-order valence-corrected chi connectivity index (χ1v) is 8.34. The maximum absolute atomic E-state index is 12.6. The lowest BCUT2D eigenvalue weighted by atomic mass is 10.1. The average Bonchev–Trinajstić information content (AvgIpc) is 3.06. The van der Waals surface area contributed by atoms with Gasteiger partial charge in [-0.05, 0) is 56.0 Å². The van der Waals surface area contributed by atoms with Crippen LogP contribution in [0.4, 0.5) is 0 Å². The van der Waals surface area contributed by atoms with E-state index in [2.05, 4.69) is 5.32 Å². The van der Waals surface area contributed by atoms with Crippen molar-refractivity contribution in [1.29, 1.82) is 0 Å². The minimum Gasteiger partial charge on any atom is -0.316 e. The largest absolute Gasteiger partial charge is 0.316 e. The van der Waals surface area contributed by atoms with Crippen molar-refractivity contribution in [2.45, 2.75) is 36.6 Å². The Hall–Kier alpha value is -0.910. The lowest BCUT2D eigenvalue weighted by molar-refractivity contribution is 0.464. The Morgan fingerprint density at radius 1 is 1.26 bits per heavy atom. The Kier molecular flexibility index (Phi) is 3.37. The Balaban J connectivity index is 1.88. The molecule has 19 heavy (non-hydrogen) atoms. The van der Waals surface area contributed by atoms with E-state index in [4.69, 9.17) is 0 Å². The summed E-state index contributed by atoms with van der Waals surface area (Å²) < 4.78 is 26.8. The van der Waals surface area contributed by atoms with E-state index in [0.717, 1.165) is 25.7 Å². The molecule has 1 saturated heterocycles. The van der Waals surface area contributed by atoms with Crippen LogP contribution in [0.25, 0.3) is 0 Å². The monoisotopic (exact) mass is 280 g/mol. The predicted octanol–water partition coefficient (Wildman–Crippen LogP) is 1.16. The fraction of sp³-hybridized carbons (Fsp3) is 0.571. The van der Waals surface area contributed by atoms with E-state index in [1.54, 1.807) is 10.4 Å². The summed E-state index contributed by atoms with van der Waals surface area (Å²) in [6, 6.07) is 5.92. The van der Waals surface area contributed by atoms with Gasteiger partial charge in [0.2, 0.25) is 10.0 Å². The van der Waals surface area contributed by atoms with Crippen molar-refractivity contribution < 1.29 is 8.42 Å². The number of aryl methyl sites for hydroxylation is 2. The van der Waals surface area contributed by atoms with Crippen molar-refractivity contribution in [3.05, 3.63) is 29.3 Å². The molecule has 1 atom stereocenters. The maximum atomic E-state index is 12.6. The van der Waals surface area contributed by atoms with Gasteiger partial charge in [-0.3, -0.25) is 0 Å². The highest BCUT2D eigenvalue weighted by Crippen LogP contribution is 2.27. The van der Waals surface area contributed by atoms with Crippen LogP contribution in [-0.2, 0) is 22.9 Å². The number of likely N-dealkylation sites (N-methyl/N-ethyl adjacent to an activating group) is 1. The Morgan fingerprint density at radius 3 is 2.79 bits per heavy atom. The van der Waals surface area contributed by atoms with Crippen LogP contribution in [0.3, 0.4) is 0 Å². The van der Waals surface area contributed by atoms with Crippen LogP contribution in [-0.4, -0.2) is 38.9 Å². The zero-order valence-corrected chi connectivity index (χ0v) is 12.0. The van der Waals surface area contributed by atoms with Gasteiger partial charge >= 0.3 is 0 Å². The summed E-state index contributed by atoms with van der Waals surface area (Å²) in [5, 5.41) is 3.15. The Morgan fingerprint density at radius 2 is 2.05 bits per heavy atom. The highest BCUT2D eigenvalue weighted by Gasteiger charge is 2.32. The molecule has 0 spiro atoms. The Labute approximate surface area is 114 Å². The van der Waals surface area contributed by atoms with Crippen LogP contribution in [0, 0.1) is 0 Å². The van der Waals surface area contributed by atoms with Crippen molar-refractivity contribution in [3.8, 4) is 0 Å². The zero-order chi connectivity index (χ0) is 13.5. The molecule has 1 unspecified atom stereocenters. The lowest BCUT2D eigenvalue weighted by Gasteiger charge is -2.17. The number of hydrogen-bond acceptors (Lipinski definition) is 3. The van der Waals surface area contributed by atoms with Gasteiger partial charge in [-0.2, -0.15) is 4.31 Å². The van der Waals surface area contributed by atoms with Crippen LogP contribution in [0.1, 0.15) is 24.0 Å². The maximum Gasteiger partial charge on any atom is 0.243 e. The molecule has 0 amide bonds. The fourth-order valence-corrected chi connectivity index (χ4v) is 4.59. The molecule has 3 rings (SSSR count). The molecule has 0 aromatic heterocycles. The van der Waals surface area contributed by atoms with Gasteiger partial charge in [-0.1, -0.05) is 6.07 Å². The number of rotatable bonds is 3. The lowest BCUT2D eigenvalue weighted by Crippen LogP contribution is -2.33. The third kappa shape index (κ3) is 2.30. The van der Waals surface area contributed by atoms with E-state index in [-0.39, 0.29) is 6.04 Å². The van der Waals surface area contributed by atoms with Crippen LogP contribution in [0.2, 0.25) is 0 Å². The summed E-state index contributed by atoms with van der Waals surface area (Å²) in [6.45, 7) is 1.20. The van der Waals surface area contributed by atoms with E-state index >= 15 is 0 Å². The molecule has 0 bridgehead atoms. The van der Waals surface area contributed by atoms with Crippen LogP contribution in [0.15, 0.2) is 23.1 Å². The molecule has 1 N–H and O–H groups in total. The number of nitrogens with zero attached hydrogens (tertiary/aromatic N) is 1. The molecule has 0 radical (unpaired) electrons. The van der Waals surface area contributed by atoms with Gasteiger partial charge in [-0.15, -0.1) is 0 Å². The van der Waals surface area contributed by atoms with Gasteiger partial charge in [0, 0.05) is 19.1 Å². The van der Waals surface area contributed by atoms with Gasteiger partial charge in [0.15, 0.2) is 0 Å². The van der Waals surface area contributed by atoms with Crippen molar-refractivity contribution in [1.82, 2.24) is 9.62 Å². The predicted molar refractivity (Wildman–Crippen MR) is 74.7 cm³/mol. The second-order valence-electron chi connectivity index (χ2n) is 5.42. The average molecular weight is 280 g/mol. The zero-order valence-electron chi connectivity index (χ0n) is 11.2. The topological polar surface area (TPSA) is 49.4 Å². The number of benzene rings is 1. The van der Waals surface area contributed by atoms with Gasteiger partial charge in [0.05, 0.1) is 4.90 Å². The third-order valence-corrected chi connectivity index (χ3v) is 6.13. The minimum atomic E-state index is -3.31. The smallest absolute Gasteiger partial charge is 0.243 e. The molecule has 1 heterocycles. The molecule has 1 aliphatic heterocycles. The molecule has 2 aliphatic rings. The molecule has 4 nitrogen and oxygen atoms in total. The molecular formula is C14H20N2O2S. The molecule has 1 aromatic rings. The van der Waals surface area contributed by atoms with Gasteiger partial charge in [-0.25, -0.2) is 8.42 Å². The summed E-state index contributed by atoms with van der Waals surface area (Å²) in [7, 11) is -1.42.